The Balaban J connectivity index is 1.13. The van der Waals surface area contributed by atoms with Gasteiger partial charge in [0.1, 0.15) is 29.5 Å². The van der Waals surface area contributed by atoms with E-state index >= 15 is 0 Å². The molecule has 218 valence electrons. The van der Waals surface area contributed by atoms with Crippen LogP contribution < -0.4 is 11.3 Å². The van der Waals surface area contributed by atoms with Gasteiger partial charge in [0, 0.05) is 49.9 Å². The molecule has 0 bridgehead atoms. The first kappa shape index (κ1) is 28.0. The standard InChI is InChI=1S/C31H33FN6O4/c1-36-29(21-4-2-20(15-33)3-5-21)27-28(35-36)30(40)38(19-34-27)18-31(41)10-12-37(13-11-31)16-23-7-6-22(14-25(23)32)26-9-8-24(17-39)42-26/h2-9,14,19,39,41H,10-13,15-18,33H2,1H3. The van der Waals surface area contributed by atoms with E-state index in [1.807, 2.05) is 24.3 Å². The summed E-state index contributed by atoms with van der Waals surface area (Å²) in [7, 11) is 1.78. The van der Waals surface area contributed by atoms with Crippen LogP contribution in [-0.2, 0) is 33.3 Å². The Morgan fingerprint density at radius 3 is 2.45 bits per heavy atom. The first-order chi connectivity index (χ1) is 20.3. The van der Waals surface area contributed by atoms with E-state index in [0.29, 0.717) is 67.2 Å². The molecule has 3 aromatic heterocycles. The topological polar surface area (TPSA) is 136 Å². The van der Waals surface area contributed by atoms with Crippen molar-refractivity contribution >= 4 is 11.0 Å². The number of furan rings is 1. The zero-order valence-corrected chi connectivity index (χ0v) is 23.3. The molecule has 6 rings (SSSR count). The third-order valence-electron chi connectivity index (χ3n) is 8.08. The van der Waals surface area contributed by atoms with Crippen LogP contribution in [0.25, 0.3) is 33.6 Å². The highest BCUT2D eigenvalue weighted by atomic mass is 19.1. The van der Waals surface area contributed by atoms with E-state index in [9.17, 15) is 19.4 Å². The van der Waals surface area contributed by atoms with Gasteiger partial charge in [-0.25, -0.2) is 9.37 Å². The van der Waals surface area contributed by atoms with Gasteiger partial charge < -0.3 is 20.4 Å². The van der Waals surface area contributed by atoms with Gasteiger partial charge >= 0.3 is 0 Å². The predicted molar refractivity (Wildman–Crippen MR) is 156 cm³/mol. The Hall–Kier alpha value is -4.16. The van der Waals surface area contributed by atoms with Gasteiger partial charge in [-0.05, 0) is 36.6 Å². The van der Waals surface area contributed by atoms with Crippen molar-refractivity contribution in [2.24, 2.45) is 12.8 Å². The van der Waals surface area contributed by atoms with Crippen molar-refractivity contribution < 1.29 is 19.0 Å². The van der Waals surface area contributed by atoms with Gasteiger partial charge in [-0.1, -0.05) is 36.4 Å². The van der Waals surface area contributed by atoms with Crippen LogP contribution in [-0.4, -0.2) is 53.1 Å². The molecule has 0 aliphatic carbocycles. The van der Waals surface area contributed by atoms with Crippen molar-refractivity contribution in [1.29, 1.82) is 0 Å². The molecule has 0 atom stereocenters. The molecule has 0 amide bonds. The van der Waals surface area contributed by atoms with Gasteiger partial charge in [0.25, 0.3) is 5.56 Å². The van der Waals surface area contributed by atoms with E-state index in [-0.39, 0.29) is 30.0 Å². The number of nitrogens with two attached hydrogens (primary N) is 1. The largest absolute Gasteiger partial charge is 0.459 e. The van der Waals surface area contributed by atoms with Crippen LogP contribution in [0.15, 0.2) is 70.1 Å². The fraction of sp³-hybridized carbons (Fsp3) is 0.323. The second-order valence-electron chi connectivity index (χ2n) is 11.0. The molecule has 0 unspecified atom stereocenters. The molecular formula is C31H33FN6O4. The summed E-state index contributed by atoms with van der Waals surface area (Å²) in [5.41, 5.74) is 8.85. The van der Waals surface area contributed by atoms with E-state index in [1.165, 1.54) is 17.0 Å². The number of aryl methyl sites for hydroxylation is 1. The van der Waals surface area contributed by atoms with Gasteiger partial charge in [-0.15, -0.1) is 0 Å². The maximum absolute atomic E-state index is 14.9. The fourth-order valence-electron chi connectivity index (χ4n) is 5.62. The Kier molecular flexibility index (Phi) is 7.50. The number of rotatable bonds is 8. The number of hydrogen-bond donors (Lipinski definition) is 3. The number of benzene rings is 2. The highest BCUT2D eigenvalue weighted by Crippen LogP contribution is 2.29. The zero-order valence-electron chi connectivity index (χ0n) is 23.3. The Morgan fingerprint density at radius 2 is 1.79 bits per heavy atom. The SMILES string of the molecule is Cn1nc2c(=O)n(CC3(O)CCN(Cc4ccc(-c5ccc(CO)o5)cc4F)CC3)cnc2c1-c1ccc(CN)cc1. The van der Waals surface area contributed by atoms with Crippen LogP contribution in [0.5, 0.6) is 0 Å². The summed E-state index contributed by atoms with van der Waals surface area (Å²) in [6.45, 7) is 1.83. The van der Waals surface area contributed by atoms with Gasteiger partial charge in [0.2, 0.25) is 0 Å². The molecule has 4 heterocycles. The second-order valence-corrected chi connectivity index (χ2v) is 11.0. The number of aliphatic hydroxyl groups is 2. The van der Waals surface area contributed by atoms with Crippen molar-refractivity contribution in [2.45, 2.75) is 44.7 Å². The number of likely N-dealkylation sites (tertiary alicyclic amines) is 1. The van der Waals surface area contributed by atoms with Crippen molar-refractivity contribution in [2.75, 3.05) is 13.1 Å². The quantitative estimate of drug-likeness (QED) is 0.258. The fourth-order valence-corrected chi connectivity index (χ4v) is 5.62. The van der Waals surface area contributed by atoms with Crippen molar-refractivity contribution in [3.8, 4) is 22.6 Å². The molecule has 2 aromatic carbocycles. The molecule has 0 saturated carbocycles. The van der Waals surface area contributed by atoms with Crippen LogP contribution in [0.3, 0.4) is 0 Å². The molecule has 4 N–H and O–H groups in total. The van der Waals surface area contributed by atoms with E-state index in [4.69, 9.17) is 10.2 Å². The first-order valence-electron chi connectivity index (χ1n) is 13.9. The lowest BCUT2D eigenvalue weighted by Crippen LogP contribution is -2.47. The molecule has 1 fully saturated rings. The Labute approximate surface area is 241 Å². The number of aliphatic hydroxyl groups excluding tert-OH is 1. The monoisotopic (exact) mass is 572 g/mol. The summed E-state index contributed by atoms with van der Waals surface area (Å²) in [5, 5.41) is 25.0. The van der Waals surface area contributed by atoms with Crippen molar-refractivity contribution in [3.05, 3.63) is 94.0 Å². The second kappa shape index (κ2) is 11.3. The molecule has 1 aliphatic heterocycles. The minimum atomic E-state index is -1.10. The van der Waals surface area contributed by atoms with Gasteiger partial charge in [-0.2, -0.15) is 5.10 Å². The minimum Gasteiger partial charge on any atom is -0.459 e. The number of aromatic nitrogens is 4. The summed E-state index contributed by atoms with van der Waals surface area (Å²) in [6, 6.07) is 16.1. The highest BCUT2D eigenvalue weighted by Gasteiger charge is 2.33. The summed E-state index contributed by atoms with van der Waals surface area (Å²) in [6.07, 6.45) is 2.33. The van der Waals surface area contributed by atoms with Crippen molar-refractivity contribution in [3.63, 3.8) is 0 Å². The molecule has 10 nitrogen and oxygen atoms in total. The number of hydrogen-bond acceptors (Lipinski definition) is 8. The molecule has 1 aliphatic rings. The summed E-state index contributed by atoms with van der Waals surface area (Å²) in [4.78, 5) is 20.0. The molecule has 5 aromatic rings. The lowest BCUT2D eigenvalue weighted by molar-refractivity contribution is -0.0366. The predicted octanol–water partition coefficient (Wildman–Crippen LogP) is 3.17. The van der Waals surface area contributed by atoms with Crippen LogP contribution >= 0.6 is 0 Å². The number of piperidine rings is 1. The molecule has 42 heavy (non-hydrogen) atoms. The average Bonchev–Trinajstić information content (AvgIpc) is 3.61. The third-order valence-corrected chi connectivity index (χ3v) is 8.08. The van der Waals surface area contributed by atoms with E-state index in [0.717, 1.165) is 16.8 Å². The van der Waals surface area contributed by atoms with Crippen LogP contribution in [0.1, 0.15) is 29.7 Å². The number of fused-ring (bicyclic) bond motifs is 1. The molecule has 0 spiro atoms. The van der Waals surface area contributed by atoms with E-state index < -0.39 is 5.60 Å². The van der Waals surface area contributed by atoms with Gasteiger partial charge in [0.15, 0.2) is 5.52 Å². The van der Waals surface area contributed by atoms with Gasteiger partial charge in [-0.3, -0.25) is 18.9 Å². The van der Waals surface area contributed by atoms with Crippen LogP contribution in [0, 0.1) is 5.82 Å². The van der Waals surface area contributed by atoms with Crippen molar-refractivity contribution in [1.82, 2.24) is 24.2 Å². The Bertz CT molecular complexity index is 1780. The van der Waals surface area contributed by atoms with Crippen LogP contribution in [0.4, 0.5) is 4.39 Å². The average molecular weight is 573 g/mol. The van der Waals surface area contributed by atoms with E-state index in [1.54, 1.807) is 36.0 Å². The summed E-state index contributed by atoms with van der Waals surface area (Å²) in [5.74, 6) is 0.580. The molecular weight excluding hydrogens is 539 g/mol. The Morgan fingerprint density at radius 1 is 1.05 bits per heavy atom. The zero-order chi connectivity index (χ0) is 29.4. The number of nitrogens with zero attached hydrogens (tertiary/aromatic N) is 5. The maximum atomic E-state index is 14.9. The van der Waals surface area contributed by atoms with Gasteiger partial charge in [0.05, 0.1) is 24.2 Å². The molecule has 0 radical (unpaired) electrons. The molecule has 1 saturated heterocycles. The maximum Gasteiger partial charge on any atom is 0.281 e. The lowest BCUT2D eigenvalue weighted by Gasteiger charge is -2.38. The smallest absolute Gasteiger partial charge is 0.281 e. The summed E-state index contributed by atoms with van der Waals surface area (Å²) >= 11 is 0. The lowest BCUT2D eigenvalue weighted by atomic mass is 9.91. The number of halogens is 1. The normalized spacial score (nSPS) is 15.5. The van der Waals surface area contributed by atoms with Crippen LogP contribution in [0.2, 0.25) is 0 Å². The highest BCUT2D eigenvalue weighted by molar-refractivity contribution is 5.89. The minimum absolute atomic E-state index is 0.0990. The van der Waals surface area contributed by atoms with E-state index in [2.05, 4.69) is 15.0 Å². The summed E-state index contributed by atoms with van der Waals surface area (Å²) < 4.78 is 23.5. The third kappa shape index (κ3) is 5.39. The molecule has 11 heteroatoms. The first-order valence-corrected chi connectivity index (χ1v) is 13.9.